The molecular formula is C25H28N4O6S. The van der Waals surface area contributed by atoms with E-state index in [-0.39, 0.29) is 22.9 Å². The summed E-state index contributed by atoms with van der Waals surface area (Å²) in [5, 5.41) is 19.4. The van der Waals surface area contributed by atoms with Crippen molar-refractivity contribution in [3.05, 3.63) is 81.9 Å². The topological polar surface area (TPSA) is 124 Å². The number of anilines is 1. The summed E-state index contributed by atoms with van der Waals surface area (Å²) in [6.45, 7) is 6.62. The van der Waals surface area contributed by atoms with Gasteiger partial charge in [-0.1, -0.05) is 18.2 Å². The second-order valence-corrected chi connectivity index (χ2v) is 9.49. The highest BCUT2D eigenvalue weighted by molar-refractivity contribution is 7.86. The lowest BCUT2D eigenvalue weighted by Gasteiger charge is -2.23. The average molecular weight is 513 g/mol. The van der Waals surface area contributed by atoms with Crippen molar-refractivity contribution in [2.45, 2.75) is 25.7 Å². The number of nitro benzene ring substituents is 1. The largest absolute Gasteiger partial charge is 0.494 e. The molecule has 3 aromatic carbocycles. The summed E-state index contributed by atoms with van der Waals surface area (Å²) in [6.07, 6.45) is 0. The fourth-order valence-electron chi connectivity index (χ4n) is 3.55. The Balaban J connectivity index is 1.70. The second kappa shape index (κ2) is 11.7. The van der Waals surface area contributed by atoms with Gasteiger partial charge in [0.25, 0.3) is 15.8 Å². The molecular weight excluding hydrogens is 484 g/mol. The number of methoxy groups -OCH3 is 1. The molecule has 3 aromatic rings. The molecule has 0 N–H and O–H groups in total. The van der Waals surface area contributed by atoms with Crippen LogP contribution in [0, 0.1) is 24.0 Å². The maximum Gasteiger partial charge on any atom is 0.297 e. The van der Waals surface area contributed by atoms with Gasteiger partial charge in [0.15, 0.2) is 5.75 Å². The quantitative estimate of drug-likeness (QED) is 0.136. The van der Waals surface area contributed by atoms with Crippen LogP contribution in [-0.4, -0.2) is 40.1 Å². The smallest absolute Gasteiger partial charge is 0.297 e. The number of rotatable bonds is 11. The molecule has 0 spiro atoms. The Bertz CT molecular complexity index is 1370. The number of likely N-dealkylation sites (N-methyl/N-ethyl adjacent to an activating group) is 1. The molecule has 0 aliphatic rings. The number of azo groups is 1. The van der Waals surface area contributed by atoms with E-state index < -0.39 is 15.0 Å². The van der Waals surface area contributed by atoms with Crippen molar-refractivity contribution in [1.29, 1.82) is 0 Å². The standard InChI is InChI=1S/C25H28N4O6S/c1-5-28(14-15-35-36(32,33)25-9-7-6-8-18(25)2)20-10-12-22(19(3)16-20)26-27-23-13-11-21(29(30)31)17-24(23)34-4/h6-13,16-17H,5,14-15H2,1-4H3. The van der Waals surface area contributed by atoms with Gasteiger partial charge in [0.2, 0.25) is 0 Å². The number of hydrogen-bond donors (Lipinski definition) is 0. The van der Waals surface area contributed by atoms with E-state index in [0.29, 0.717) is 30.0 Å². The average Bonchev–Trinajstić information content (AvgIpc) is 2.86. The predicted molar refractivity (Wildman–Crippen MR) is 137 cm³/mol. The van der Waals surface area contributed by atoms with E-state index in [0.717, 1.165) is 11.3 Å². The maximum atomic E-state index is 12.5. The molecule has 0 fully saturated rings. The van der Waals surface area contributed by atoms with E-state index in [1.807, 2.05) is 30.9 Å². The molecule has 36 heavy (non-hydrogen) atoms. The highest BCUT2D eigenvalue weighted by Gasteiger charge is 2.18. The normalized spacial score (nSPS) is 11.6. The van der Waals surface area contributed by atoms with Crippen LogP contribution < -0.4 is 9.64 Å². The first kappa shape index (κ1) is 26.8. The van der Waals surface area contributed by atoms with Gasteiger partial charge in [-0.05, 0) is 62.2 Å². The van der Waals surface area contributed by atoms with Gasteiger partial charge in [0.05, 0.1) is 35.3 Å². The molecule has 10 nitrogen and oxygen atoms in total. The first-order valence-corrected chi connectivity index (χ1v) is 12.6. The van der Waals surface area contributed by atoms with Gasteiger partial charge in [-0.2, -0.15) is 13.5 Å². The number of non-ortho nitro benzene ring substituents is 1. The molecule has 3 rings (SSSR count). The van der Waals surface area contributed by atoms with E-state index >= 15 is 0 Å². The van der Waals surface area contributed by atoms with Crippen LogP contribution in [0.15, 0.2) is 75.8 Å². The first-order chi connectivity index (χ1) is 17.2. The molecule has 190 valence electrons. The summed E-state index contributed by atoms with van der Waals surface area (Å²) in [5.41, 5.74) is 3.27. The number of benzene rings is 3. The molecule has 0 atom stereocenters. The number of nitrogens with zero attached hydrogens (tertiary/aromatic N) is 4. The molecule has 11 heteroatoms. The number of hydrogen-bond acceptors (Lipinski definition) is 9. The third-order valence-electron chi connectivity index (χ3n) is 5.53. The number of ether oxygens (including phenoxy) is 1. The second-order valence-electron chi connectivity index (χ2n) is 7.91. The van der Waals surface area contributed by atoms with Crippen LogP contribution in [0.5, 0.6) is 5.75 Å². The van der Waals surface area contributed by atoms with Crippen molar-refractivity contribution in [3.8, 4) is 5.75 Å². The fourth-order valence-corrected chi connectivity index (χ4v) is 4.67. The lowest BCUT2D eigenvalue weighted by Crippen LogP contribution is -2.28. The van der Waals surface area contributed by atoms with Crippen molar-refractivity contribution in [3.63, 3.8) is 0 Å². The van der Waals surface area contributed by atoms with Crippen LogP contribution >= 0.6 is 0 Å². The molecule has 0 bridgehead atoms. The van der Waals surface area contributed by atoms with Gasteiger partial charge in [0, 0.05) is 24.8 Å². The molecule has 0 unspecified atom stereocenters. The Morgan fingerprint density at radius 1 is 0.972 bits per heavy atom. The van der Waals surface area contributed by atoms with E-state index in [1.54, 1.807) is 31.2 Å². The lowest BCUT2D eigenvalue weighted by molar-refractivity contribution is -0.384. The zero-order valence-electron chi connectivity index (χ0n) is 20.5. The summed E-state index contributed by atoms with van der Waals surface area (Å²) >= 11 is 0. The summed E-state index contributed by atoms with van der Waals surface area (Å²) in [5.74, 6) is 0.250. The van der Waals surface area contributed by atoms with Gasteiger partial charge in [-0.3, -0.25) is 14.3 Å². The van der Waals surface area contributed by atoms with Gasteiger partial charge in [-0.25, -0.2) is 0 Å². The number of aryl methyl sites for hydroxylation is 2. The van der Waals surface area contributed by atoms with Gasteiger partial charge in [0.1, 0.15) is 5.69 Å². The van der Waals surface area contributed by atoms with Crippen LogP contribution in [0.4, 0.5) is 22.7 Å². The van der Waals surface area contributed by atoms with Crippen molar-refractivity contribution in [2.75, 3.05) is 31.7 Å². The third-order valence-corrected chi connectivity index (χ3v) is 7.00. The molecule has 0 aliphatic carbocycles. The minimum Gasteiger partial charge on any atom is -0.494 e. The Kier molecular flexibility index (Phi) is 8.73. The molecule has 0 heterocycles. The van der Waals surface area contributed by atoms with Crippen molar-refractivity contribution in [1.82, 2.24) is 0 Å². The van der Waals surface area contributed by atoms with E-state index in [9.17, 15) is 18.5 Å². The van der Waals surface area contributed by atoms with Crippen LogP contribution in [0.3, 0.4) is 0 Å². The maximum absolute atomic E-state index is 12.5. The molecule has 0 amide bonds. The fraction of sp³-hybridized carbons (Fsp3) is 0.280. The van der Waals surface area contributed by atoms with Crippen molar-refractivity contribution < 1.29 is 22.3 Å². The van der Waals surface area contributed by atoms with Crippen molar-refractivity contribution in [2.24, 2.45) is 10.2 Å². The number of nitro groups is 1. The zero-order valence-corrected chi connectivity index (χ0v) is 21.4. The predicted octanol–water partition coefficient (Wildman–Crippen LogP) is 5.87. The Morgan fingerprint density at radius 2 is 1.67 bits per heavy atom. The van der Waals surface area contributed by atoms with E-state index in [2.05, 4.69) is 10.2 Å². The first-order valence-electron chi connectivity index (χ1n) is 11.2. The molecule has 0 saturated carbocycles. The minimum absolute atomic E-state index is 0.00491. The van der Waals surface area contributed by atoms with Crippen LogP contribution in [0.2, 0.25) is 0 Å². The van der Waals surface area contributed by atoms with Crippen LogP contribution in [0.1, 0.15) is 18.1 Å². The summed E-state index contributed by atoms with van der Waals surface area (Å²) in [7, 11) is -2.43. The molecule has 0 radical (unpaired) electrons. The highest BCUT2D eigenvalue weighted by Crippen LogP contribution is 2.33. The Labute approximate surface area is 210 Å². The van der Waals surface area contributed by atoms with Crippen LogP contribution in [0.25, 0.3) is 0 Å². The highest BCUT2D eigenvalue weighted by atomic mass is 32.2. The SMILES string of the molecule is CCN(CCOS(=O)(=O)c1ccccc1C)c1ccc(N=Nc2ccc([N+](=O)[O-])cc2OC)c(C)c1. The third kappa shape index (κ3) is 6.43. The summed E-state index contributed by atoms with van der Waals surface area (Å²) in [4.78, 5) is 12.6. The van der Waals surface area contributed by atoms with Gasteiger partial charge < -0.3 is 9.64 Å². The van der Waals surface area contributed by atoms with Crippen molar-refractivity contribution >= 4 is 32.9 Å². The minimum atomic E-state index is -3.84. The monoisotopic (exact) mass is 512 g/mol. The Morgan fingerprint density at radius 3 is 2.31 bits per heavy atom. The van der Waals surface area contributed by atoms with Gasteiger partial charge in [-0.15, -0.1) is 5.11 Å². The molecule has 0 aliphatic heterocycles. The summed E-state index contributed by atoms with van der Waals surface area (Å²) < 4.78 is 35.6. The Hall–Kier alpha value is -3.83. The van der Waals surface area contributed by atoms with E-state index in [4.69, 9.17) is 8.92 Å². The molecule has 0 aromatic heterocycles. The zero-order chi connectivity index (χ0) is 26.3. The lowest BCUT2D eigenvalue weighted by atomic mass is 10.1. The van der Waals surface area contributed by atoms with Gasteiger partial charge >= 0.3 is 0 Å². The summed E-state index contributed by atoms with van der Waals surface area (Å²) in [6, 6.07) is 16.4. The molecule has 0 saturated heterocycles. The van der Waals surface area contributed by atoms with E-state index in [1.165, 1.54) is 31.4 Å². The van der Waals surface area contributed by atoms with Crippen LogP contribution in [-0.2, 0) is 14.3 Å².